The van der Waals surface area contributed by atoms with Crippen LogP contribution in [0, 0.1) is 6.92 Å². The Morgan fingerprint density at radius 2 is 1.81 bits per heavy atom. The molecule has 9 heteroatoms. The van der Waals surface area contributed by atoms with Crippen molar-refractivity contribution in [3.63, 3.8) is 0 Å². The Morgan fingerprint density at radius 3 is 2.62 bits per heavy atom. The maximum absolute atomic E-state index is 10.1. The molecule has 1 N–H and O–H groups in total. The summed E-state index contributed by atoms with van der Waals surface area (Å²) in [6, 6.07) is 18.6. The maximum atomic E-state index is 10.1. The number of nitrogens with zero attached hydrogens (tertiary/aromatic N) is 4. The van der Waals surface area contributed by atoms with Gasteiger partial charge in [-0.15, -0.1) is 5.10 Å². The van der Waals surface area contributed by atoms with Crippen molar-refractivity contribution in [1.29, 1.82) is 0 Å². The normalized spacial score (nSPS) is 14.0. The lowest BCUT2D eigenvalue weighted by Crippen LogP contribution is -2.15. The molecule has 2 aromatic heterocycles. The molecular weight excluding hydrogens is 472 g/mol. The third-order valence-corrected chi connectivity index (χ3v) is 6.43. The van der Waals surface area contributed by atoms with Crippen LogP contribution in [0.4, 0.5) is 0 Å². The van der Waals surface area contributed by atoms with Crippen LogP contribution < -0.4 is 18.9 Å². The zero-order valence-corrected chi connectivity index (χ0v) is 20.5. The first-order chi connectivity index (χ1) is 18.1. The van der Waals surface area contributed by atoms with Crippen LogP contribution in [-0.2, 0) is 6.61 Å². The van der Waals surface area contributed by atoms with E-state index in [0.29, 0.717) is 34.6 Å². The average Bonchev–Trinajstić information content (AvgIpc) is 3.34. The van der Waals surface area contributed by atoms with E-state index in [1.807, 2.05) is 55.5 Å². The molecule has 1 aliphatic heterocycles. The second-order valence-electron chi connectivity index (χ2n) is 8.69. The summed E-state index contributed by atoms with van der Waals surface area (Å²) in [7, 11) is 3.20. The molecule has 0 spiro atoms. The van der Waals surface area contributed by atoms with Crippen molar-refractivity contribution in [1.82, 2.24) is 19.6 Å². The van der Waals surface area contributed by atoms with Gasteiger partial charge in [0.1, 0.15) is 30.2 Å². The Labute approximate surface area is 212 Å². The molecule has 0 radical (unpaired) electrons. The molecule has 0 fully saturated rings. The molecule has 186 valence electrons. The second-order valence-corrected chi connectivity index (χ2v) is 8.69. The van der Waals surface area contributed by atoms with Crippen LogP contribution in [-0.4, -0.2) is 38.9 Å². The monoisotopic (exact) mass is 496 g/mol. The number of ether oxygens (including phenoxy) is 4. The summed E-state index contributed by atoms with van der Waals surface area (Å²) in [6.45, 7) is 2.20. The number of phenolic OH excluding ortho intramolecular Hbond substituents is 1. The minimum Gasteiger partial charge on any atom is -0.508 e. The van der Waals surface area contributed by atoms with E-state index in [9.17, 15) is 5.11 Å². The quantitative estimate of drug-likeness (QED) is 0.343. The highest BCUT2D eigenvalue weighted by molar-refractivity contribution is 5.67. The summed E-state index contributed by atoms with van der Waals surface area (Å²) in [6.07, 6.45) is 1.57. The Balaban J connectivity index is 1.48. The Morgan fingerprint density at radius 1 is 0.973 bits per heavy atom. The van der Waals surface area contributed by atoms with Crippen molar-refractivity contribution >= 4 is 5.65 Å². The lowest BCUT2D eigenvalue weighted by Gasteiger charge is -2.28. The molecular formula is C28H24N4O5. The molecule has 0 saturated carbocycles. The van der Waals surface area contributed by atoms with Gasteiger partial charge < -0.3 is 24.1 Å². The highest BCUT2D eigenvalue weighted by Gasteiger charge is 2.34. The van der Waals surface area contributed by atoms with Gasteiger partial charge in [-0.25, -0.2) is 14.5 Å². The number of aromatic nitrogens is 4. The van der Waals surface area contributed by atoms with Crippen molar-refractivity contribution < 1.29 is 24.1 Å². The SMILES string of the molecule is COc1ccc([C@H]2c3ccc(O)cc3Oc3ncn4nc(COc5ccccc5C)nc4c32)cc1OC. The van der Waals surface area contributed by atoms with Gasteiger partial charge in [-0.2, -0.15) is 0 Å². The number of hydrogen-bond donors (Lipinski definition) is 1. The Bertz CT molecular complexity index is 1630. The van der Waals surface area contributed by atoms with Gasteiger partial charge in [-0.1, -0.05) is 30.3 Å². The molecule has 0 aliphatic carbocycles. The van der Waals surface area contributed by atoms with E-state index in [2.05, 4.69) is 10.1 Å². The molecule has 6 rings (SSSR count). The van der Waals surface area contributed by atoms with E-state index in [-0.39, 0.29) is 18.3 Å². The van der Waals surface area contributed by atoms with E-state index in [0.717, 1.165) is 28.0 Å². The Kier molecular flexibility index (Phi) is 5.52. The topological polar surface area (TPSA) is 100 Å². The van der Waals surface area contributed by atoms with Gasteiger partial charge in [-0.3, -0.25) is 0 Å². The zero-order valence-electron chi connectivity index (χ0n) is 20.5. The molecule has 37 heavy (non-hydrogen) atoms. The van der Waals surface area contributed by atoms with Crippen LogP contribution in [0.5, 0.6) is 34.6 Å². The van der Waals surface area contributed by atoms with Gasteiger partial charge in [0.05, 0.1) is 19.8 Å². The molecule has 3 aromatic carbocycles. The van der Waals surface area contributed by atoms with Gasteiger partial charge in [0, 0.05) is 17.5 Å². The fourth-order valence-electron chi connectivity index (χ4n) is 4.65. The van der Waals surface area contributed by atoms with Gasteiger partial charge in [0.15, 0.2) is 23.0 Å². The Hall–Kier alpha value is -4.79. The zero-order chi connectivity index (χ0) is 25.5. The first kappa shape index (κ1) is 22.7. The summed E-state index contributed by atoms with van der Waals surface area (Å²) >= 11 is 0. The summed E-state index contributed by atoms with van der Waals surface area (Å²) in [5.74, 6) is 3.22. The fourth-order valence-corrected chi connectivity index (χ4v) is 4.65. The number of benzene rings is 3. The predicted molar refractivity (Wildman–Crippen MR) is 135 cm³/mol. The number of aromatic hydroxyl groups is 1. The third kappa shape index (κ3) is 3.94. The molecule has 5 aromatic rings. The number of fused-ring (bicyclic) bond motifs is 4. The van der Waals surface area contributed by atoms with Gasteiger partial charge in [-0.05, 0) is 42.3 Å². The minimum atomic E-state index is -0.315. The van der Waals surface area contributed by atoms with Crippen LogP contribution in [0.1, 0.15) is 34.0 Å². The van der Waals surface area contributed by atoms with Crippen molar-refractivity contribution in [3.8, 4) is 34.6 Å². The van der Waals surface area contributed by atoms with Gasteiger partial charge in [0.25, 0.3) is 0 Å². The first-order valence-corrected chi connectivity index (χ1v) is 11.7. The molecule has 0 saturated heterocycles. The smallest absolute Gasteiger partial charge is 0.228 e. The van der Waals surface area contributed by atoms with Crippen molar-refractivity contribution in [3.05, 3.63) is 95.1 Å². The predicted octanol–water partition coefficient (Wildman–Crippen LogP) is 5.02. The second kappa shape index (κ2) is 9.02. The van der Waals surface area contributed by atoms with Crippen LogP contribution >= 0.6 is 0 Å². The number of methoxy groups -OCH3 is 2. The van der Waals surface area contributed by atoms with E-state index in [1.165, 1.54) is 0 Å². The van der Waals surface area contributed by atoms with Crippen molar-refractivity contribution in [2.45, 2.75) is 19.4 Å². The number of aryl methyl sites for hydroxylation is 1. The largest absolute Gasteiger partial charge is 0.508 e. The molecule has 3 heterocycles. The standard InChI is InChI=1S/C28H24N4O5/c1-16-6-4-5-7-20(16)36-14-24-30-27-26-25(17-8-11-21(34-2)23(12-17)35-3)19-10-9-18(33)13-22(19)37-28(26)29-15-32(27)31-24/h4-13,15,25,33H,14H2,1-3H3/t25-/m0/s1. The van der Waals surface area contributed by atoms with Crippen LogP contribution in [0.15, 0.2) is 67.0 Å². The number of hydrogen-bond acceptors (Lipinski definition) is 8. The van der Waals surface area contributed by atoms with Crippen LogP contribution in [0.3, 0.4) is 0 Å². The first-order valence-electron chi connectivity index (χ1n) is 11.7. The molecule has 0 bridgehead atoms. The average molecular weight is 497 g/mol. The van der Waals surface area contributed by atoms with Gasteiger partial charge in [0.2, 0.25) is 5.88 Å². The fraction of sp³-hybridized carbons (Fsp3) is 0.179. The number of para-hydroxylation sites is 1. The maximum Gasteiger partial charge on any atom is 0.228 e. The highest BCUT2D eigenvalue weighted by Crippen LogP contribution is 2.49. The van der Waals surface area contributed by atoms with E-state index < -0.39 is 0 Å². The molecule has 9 nitrogen and oxygen atoms in total. The third-order valence-electron chi connectivity index (χ3n) is 6.43. The van der Waals surface area contributed by atoms with E-state index in [1.54, 1.807) is 37.2 Å². The highest BCUT2D eigenvalue weighted by atomic mass is 16.5. The number of rotatable bonds is 6. The molecule has 0 unspecified atom stereocenters. The molecule has 1 aliphatic rings. The van der Waals surface area contributed by atoms with Crippen molar-refractivity contribution in [2.75, 3.05) is 14.2 Å². The lowest BCUT2D eigenvalue weighted by molar-refractivity contribution is 0.294. The van der Waals surface area contributed by atoms with Gasteiger partial charge >= 0.3 is 0 Å². The molecule has 0 amide bonds. The summed E-state index contributed by atoms with van der Waals surface area (Å²) in [4.78, 5) is 9.35. The van der Waals surface area contributed by atoms with E-state index in [4.69, 9.17) is 23.9 Å². The lowest BCUT2D eigenvalue weighted by atomic mass is 9.83. The minimum absolute atomic E-state index is 0.104. The summed E-state index contributed by atoms with van der Waals surface area (Å²) < 4.78 is 24.8. The number of phenols is 1. The van der Waals surface area contributed by atoms with Crippen molar-refractivity contribution in [2.24, 2.45) is 0 Å². The summed E-state index contributed by atoms with van der Waals surface area (Å²) in [5, 5.41) is 14.7. The summed E-state index contributed by atoms with van der Waals surface area (Å²) in [5.41, 5.74) is 4.17. The van der Waals surface area contributed by atoms with E-state index >= 15 is 0 Å². The van der Waals surface area contributed by atoms with Crippen LogP contribution in [0.2, 0.25) is 0 Å². The van der Waals surface area contributed by atoms with Crippen LogP contribution in [0.25, 0.3) is 5.65 Å². The molecule has 1 atom stereocenters.